The van der Waals surface area contributed by atoms with Crippen molar-refractivity contribution in [3.63, 3.8) is 0 Å². The van der Waals surface area contributed by atoms with E-state index in [4.69, 9.17) is 10.2 Å². The van der Waals surface area contributed by atoms with Gasteiger partial charge in [0.05, 0.1) is 11.3 Å². The monoisotopic (exact) mass is 302 g/mol. The van der Waals surface area contributed by atoms with E-state index >= 15 is 0 Å². The van der Waals surface area contributed by atoms with Crippen LogP contribution in [0.15, 0.2) is 23.1 Å². The van der Waals surface area contributed by atoms with Crippen LogP contribution in [-0.2, 0) is 10.0 Å². The number of sulfonamides is 1. The zero-order chi connectivity index (χ0) is 15.2. The molecule has 0 heterocycles. The third-order valence-corrected chi connectivity index (χ3v) is 4.09. The molecule has 0 spiro atoms. The van der Waals surface area contributed by atoms with Crippen molar-refractivity contribution >= 4 is 21.7 Å². The molecule has 0 amide bonds. The number of carboxylic acid groups (broad SMARTS) is 1. The summed E-state index contributed by atoms with van der Waals surface area (Å²) in [5.74, 6) is -1.19. The van der Waals surface area contributed by atoms with Gasteiger partial charge in [-0.05, 0) is 24.6 Å². The lowest BCUT2D eigenvalue weighted by Gasteiger charge is -2.13. The van der Waals surface area contributed by atoms with Gasteiger partial charge in [-0.1, -0.05) is 6.92 Å². The first-order chi connectivity index (χ1) is 9.42. The third-order valence-electron chi connectivity index (χ3n) is 2.50. The Morgan fingerprint density at radius 1 is 1.35 bits per heavy atom. The van der Waals surface area contributed by atoms with Crippen LogP contribution in [0.3, 0.4) is 0 Å². The summed E-state index contributed by atoms with van der Waals surface area (Å²) in [6.45, 7) is 2.21. The van der Waals surface area contributed by atoms with Gasteiger partial charge in [-0.3, -0.25) is 0 Å². The molecule has 4 N–H and O–H groups in total. The van der Waals surface area contributed by atoms with Crippen LogP contribution in [0.5, 0.6) is 0 Å². The first kappa shape index (κ1) is 16.4. The molecular formula is C12H18N2O5S. The van der Waals surface area contributed by atoms with Gasteiger partial charge in [0.25, 0.3) is 0 Å². The molecule has 0 aliphatic heterocycles. The Hall–Kier alpha value is -1.64. The van der Waals surface area contributed by atoms with Gasteiger partial charge in [-0.15, -0.1) is 0 Å². The van der Waals surface area contributed by atoms with Crippen molar-refractivity contribution in [3.05, 3.63) is 23.8 Å². The fraction of sp³-hybridized carbons (Fsp3) is 0.417. The summed E-state index contributed by atoms with van der Waals surface area (Å²) in [5.41, 5.74) is 0.207. The van der Waals surface area contributed by atoms with Crippen LogP contribution in [0.25, 0.3) is 0 Å². The second kappa shape index (κ2) is 7.22. The number of benzene rings is 1. The Morgan fingerprint density at radius 2 is 2.05 bits per heavy atom. The van der Waals surface area contributed by atoms with Crippen LogP contribution >= 0.6 is 0 Å². The topological polar surface area (TPSA) is 116 Å². The van der Waals surface area contributed by atoms with E-state index in [0.29, 0.717) is 18.7 Å². The maximum Gasteiger partial charge on any atom is 0.335 e. The predicted octanol–water partition coefficient (Wildman–Crippen LogP) is 0.477. The van der Waals surface area contributed by atoms with Gasteiger partial charge in [0.2, 0.25) is 10.0 Å². The Balaban J connectivity index is 3.19. The van der Waals surface area contributed by atoms with Crippen LogP contribution in [0.2, 0.25) is 0 Å². The molecule has 20 heavy (non-hydrogen) atoms. The van der Waals surface area contributed by atoms with Crippen molar-refractivity contribution in [1.82, 2.24) is 4.72 Å². The van der Waals surface area contributed by atoms with Crippen molar-refractivity contribution in [2.45, 2.75) is 18.2 Å². The molecular weight excluding hydrogens is 284 g/mol. The molecule has 8 heteroatoms. The number of carboxylic acids is 1. The number of nitrogens with one attached hydrogen (secondary N) is 2. The minimum absolute atomic E-state index is 0.0184. The van der Waals surface area contributed by atoms with E-state index < -0.39 is 16.0 Å². The summed E-state index contributed by atoms with van der Waals surface area (Å²) in [4.78, 5) is 10.8. The molecule has 0 aliphatic carbocycles. The normalized spacial score (nSPS) is 11.3. The number of aliphatic hydroxyl groups excluding tert-OH is 1. The van der Waals surface area contributed by atoms with Gasteiger partial charge in [0, 0.05) is 19.7 Å². The summed E-state index contributed by atoms with van der Waals surface area (Å²) < 4.78 is 26.5. The first-order valence-electron chi connectivity index (χ1n) is 6.14. The lowest BCUT2D eigenvalue weighted by Crippen LogP contribution is -2.24. The Labute approximate surface area is 117 Å². The van der Waals surface area contributed by atoms with Crippen LogP contribution in [0, 0.1) is 0 Å². The average Bonchev–Trinajstić information content (AvgIpc) is 2.39. The highest BCUT2D eigenvalue weighted by atomic mass is 32.2. The lowest BCUT2D eigenvalue weighted by atomic mass is 10.2. The first-order valence-corrected chi connectivity index (χ1v) is 7.62. The molecule has 7 nitrogen and oxygen atoms in total. The summed E-state index contributed by atoms with van der Waals surface area (Å²) in [6.07, 6.45) is 0.460. The number of hydrogen-bond acceptors (Lipinski definition) is 5. The summed E-state index contributed by atoms with van der Waals surface area (Å²) >= 11 is 0. The molecule has 1 rings (SSSR count). The van der Waals surface area contributed by atoms with Gasteiger partial charge in [0.1, 0.15) is 4.90 Å². The van der Waals surface area contributed by atoms with Gasteiger partial charge in [-0.2, -0.15) is 0 Å². The van der Waals surface area contributed by atoms with Crippen LogP contribution in [0.4, 0.5) is 5.69 Å². The summed E-state index contributed by atoms with van der Waals surface area (Å²) in [6, 6.07) is 3.85. The van der Waals surface area contributed by atoms with Crippen molar-refractivity contribution in [3.8, 4) is 0 Å². The molecule has 112 valence electrons. The Morgan fingerprint density at radius 3 is 2.60 bits per heavy atom. The molecule has 0 saturated heterocycles. The van der Waals surface area contributed by atoms with Gasteiger partial charge in [0.15, 0.2) is 0 Å². The number of anilines is 1. The number of rotatable bonds is 8. The standard InChI is InChI=1S/C12H18N2O5S/c1-2-14-20(18,19)11-8-9(12(16)17)4-5-10(11)13-6-3-7-15/h4-5,8,13-15H,2-3,6-7H2,1H3,(H,16,17). The lowest BCUT2D eigenvalue weighted by molar-refractivity contribution is 0.0696. The van der Waals surface area contributed by atoms with Crippen LogP contribution in [0.1, 0.15) is 23.7 Å². The molecule has 0 aromatic heterocycles. The molecule has 1 aromatic carbocycles. The van der Waals surface area contributed by atoms with E-state index in [1.807, 2.05) is 0 Å². The highest BCUT2D eigenvalue weighted by molar-refractivity contribution is 7.89. The summed E-state index contributed by atoms with van der Waals surface area (Å²) in [5, 5.41) is 20.5. The predicted molar refractivity (Wildman–Crippen MR) is 74.5 cm³/mol. The van der Waals surface area contributed by atoms with Crippen molar-refractivity contribution < 1.29 is 23.4 Å². The van der Waals surface area contributed by atoms with Crippen LogP contribution in [-0.4, -0.2) is 44.3 Å². The van der Waals surface area contributed by atoms with Crippen LogP contribution < -0.4 is 10.0 Å². The molecule has 0 fully saturated rings. The fourth-order valence-electron chi connectivity index (χ4n) is 1.59. The molecule has 0 atom stereocenters. The van der Waals surface area contributed by atoms with Crippen molar-refractivity contribution in [2.24, 2.45) is 0 Å². The molecule has 0 radical (unpaired) electrons. The third kappa shape index (κ3) is 4.19. The highest BCUT2D eigenvalue weighted by Gasteiger charge is 2.19. The summed E-state index contributed by atoms with van der Waals surface area (Å²) in [7, 11) is -3.77. The quantitative estimate of drug-likeness (QED) is 0.519. The number of aromatic carboxylic acids is 1. The van der Waals surface area contributed by atoms with Crippen molar-refractivity contribution in [1.29, 1.82) is 0 Å². The Bertz CT molecular complexity index is 571. The zero-order valence-electron chi connectivity index (χ0n) is 11.1. The van der Waals surface area contributed by atoms with Gasteiger partial charge < -0.3 is 15.5 Å². The second-order valence-electron chi connectivity index (χ2n) is 4.02. The van der Waals surface area contributed by atoms with E-state index in [1.165, 1.54) is 12.1 Å². The van der Waals surface area contributed by atoms with E-state index in [0.717, 1.165) is 6.07 Å². The SMILES string of the molecule is CCNS(=O)(=O)c1cc(C(=O)O)ccc1NCCCO. The molecule has 0 aliphatic rings. The average molecular weight is 302 g/mol. The van der Waals surface area contributed by atoms with E-state index in [2.05, 4.69) is 10.0 Å². The number of carbonyl (C=O) groups is 1. The minimum atomic E-state index is -3.77. The van der Waals surface area contributed by atoms with Gasteiger partial charge >= 0.3 is 5.97 Å². The van der Waals surface area contributed by atoms with Crippen molar-refractivity contribution in [2.75, 3.05) is 25.0 Å². The Kier molecular flexibility index (Phi) is 5.93. The maximum absolute atomic E-state index is 12.1. The minimum Gasteiger partial charge on any atom is -0.478 e. The van der Waals surface area contributed by atoms with Gasteiger partial charge in [-0.25, -0.2) is 17.9 Å². The highest BCUT2D eigenvalue weighted by Crippen LogP contribution is 2.23. The largest absolute Gasteiger partial charge is 0.478 e. The molecule has 0 saturated carbocycles. The van der Waals surface area contributed by atoms with E-state index in [9.17, 15) is 13.2 Å². The maximum atomic E-state index is 12.1. The zero-order valence-corrected chi connectivity index (χ0v) is 11.9. The fourth-order valence-corrected chi connectivity index (χ4v) is 2.84. The molecule has 1 aromatic rings. The molecule has 0 unspecified atom stereocenters. The van der Waals surface area contributed by atoms with E-state index in [1.54, 1.807) is 6.92 Å². The molecule has 0 bridgehead atoms. The number of aliphatic hydroxyl groups is 1. The smallest absolute Gasteiger partial charge is 0.335 e. The van der Waals surface area contributed by atoms with E-state index in [-0.39, 0.29) is 23.6 Å². The second-order valence-corrected chi connectivity index (χ2v) is 5.76. The number of hydrogen-bond donors (Lipinski definition) is 4.